The molecule has 0 fully saturated rings. The Morgan fingerprint density at radius 3 is 2.53 bits per heavy atom. The van der Waals surface area contributed by atoms with E-state index in [0.29, 0.717) is 0 Å². The van der Waals surface area contributed by atoms with Gasteiger partial charge in [0.15, 0.2) is 0 Å². The van der Waals surface area contributed by atoms with Gasteiger partial charge >= 0.3 is 6.18 Å². The highest BCUT2D eigenvalue weighted by Crippen LogP contribution is 2.28. The van der Waals surface area contributed by atoms with Crippen LogP contribution in [0.15, 0.2) is 18.3 Å². The maximum atomic E-state index is 12.2. The van der Waals surface area contributed by atoms with Crippen LogP contribution in [0.2, 0.25) is 0 Å². The number of hydrogen-bond donors (Lipinski definition) is 3. The number of nitrogens with one attached hydrogen (secondary N) is 1. The van der Waals surface area contributed by atoms with Gasteiger partial charge in [0.05, 0.1) is 11.7 Å². The van der Waals surface area contributed by atoms with Gasteiger partial charge in [0.25, 0.3) is 0 Å². The molecule has 1 aromatic heterocycles. The van der Waals surface area contributed by atoms with Crippen molar-refractivity contribution in [3.05, 3.63) is 23.9 Å². The first kappa shape index (κ1) is 13.7. The number of halogens is 3. The molecule has 0 aromatic carbocycles. The fourth-order valence-electron chi connectivity index (χ4n) is 1.06. The van der Waals surface area contributed by atoms with Crippen LogP contribution in [0.5, 0.6) is 0 Å². The summed E-state index contributed by atoms with van der Waals surface area (Å²) < 4.78 is 36.7. The Hall–Kier alpha value is -1.34. The lowest BCUT2D eigenvalue weighted by molar-refractivity contribution is -0.137. The van der Waals surface area contributed by atoms with Gasteiger partial charge in [-0.05, 0) is 19.1 Å². The lowest BCUT2D eigenvalue weighted by Crippen LogP contribution is -2.38. The molecule has 0 saturated heterocycles. The van der Waals surface area contributed by atoms with E-state index in [1.165, 1.54) is 13.0 Å². The number of aliphatic hydroxyl groups is 1. The molecule has 2 atom stereocenters. The average molecular weight is 249 g/mol. The van der Waals surface area contributed by atoms with Crippen LogP contribution in [0.1, 0.15) is 12.5 Å². The third kappa shape index (κ3) is 4.20. The number of nitrogens with two attached hydrogens (primary N) is 1. The van der Waals surface area contributed by atoms with Gasteiger partial charge in [-0.2, -0.15) is 13.2 Å². The molecule has 17 heavy (non-hydrogen) atoms. The van der Waals surface area contributed by atoms with Gasteiger partial charge in [0, 0.05) is 18.8 Å². The van der Waals surface area contributed by atoms with Crippen molar-refractivity contribution in [1.29, 1.82) is 0 Å². The second kappa shape index (κ2) is 5.33. The first-order valence-corrected chi connectivity index (χ1v) is 5.01. The van der Waals surface area contributed by atoms with Gasteiger partial charge in [0.2, 0.25) is 0 Å². The summed E-state index contributed by atoms with van der Waals surface area (Å²) in [5.41, 5.74) is 4.74. The van der Waals surface area contributed by atoms with E-state index in [1.54, 1.807) is 0 Å². The zero-order chi connectivity index (χ0) is 13.1. The summed E-state index contributed by atoms with van der Waals surface area (Å²) in [7, 11) is 0. The Morgan fingerprint density at radius 1 is 1.47 bits per heavy atom. The number of pyridine rings is 1. The molecule has 2 unspecified atom stereocenters. The van der Waals surface area contributed by atoms with Gasteiger partial charge < -0.3 is 16.2 Å². The Bertz CT molecular complexity index is 351. The fraction of sp³-hybridized carbons (Fsp3) is 0.500. The van der Waals surface area contributed by atoms with Crippen LogP contribution in [0.3, 0.4) is 0 Å². The van der Waals surface area contributed by atoms with Crippen LogP contribution in [-0.4, -0.2) is 28.8 Å². The Kier molecular flexibility index (Phi) is 4.30. The Balaban J connectivity index is 2.57. The minimum Gasteiger partial charge on any atom is -0.392 e. The van der Waals surface area contributed by atoms with Crippen molar-refractivity contribution in [3.63, 3.8) is 0 Å². The number of aliphatic hydroxyl groups excluding tert-OH is 1. The molecule has 0 saturated carbocycles. The number of nitrogens with zero attached hydrogens (tertiary/aromatic N) is 1. The summed E-state index contributed by atoms with van der Waals surface area (Å²) in [5.74, 6) is 0.286. The maximum absolute atomic E-state index is 12.2. The highest BCUT2D eigenvalue weighted by Gasteiger charge is 2.30. The van der Waals surface area contributed by atoms with Crippen molar-refractivity contribution in [2.75, 3.05) is 11.9 Å². The second-order valence-electron chi connectivity index (χ2n) is 3.72. The van der Waals surface area contributed by atoms with Gasteiger partial charge in [0.1, 0.15) is 5.82 Å². The normalized spacial score (nSPS) is 15.4. The number of anilines is 1. The molecule has 0 aliphatic heterocycles. The van der Waals surface area contributed by atoms with Crippen molar-refractivity contribution in [3.8, 4) is 0 Å². The molecule has 96 valence electrons. The number of rotatable bonds is 4. The van der Waals surface area contributed by atoms with Crippen LogP contribution < -0.4 is 11.1 Å². The van der Waals surface area contributed by atoms with Crippen molar-refractivity contribution in [2.45, 2.75) is 25.2 Å². The van der Waals surface area contributed by atoms with E-state index in [2.05, 4.69) is 10.3 Å². The lowest BCUT2D eigenvalue weighted by Gasteiger charge is -2.15. The predicted octanol–water partition coefficient (Wildman–Crippen LogP) is 1.22. The van der Waals surface area contributed by atoms with Crippen molar-refractivity contribution >= 4 is 5.82 Å². The molecule has 0 aliphatic carbocycles. The Morgan fingerprint density at radius 2 is 2.12 bits per heavy atom. The van der Waals surface area contributed by atoms with Crippen LogP contribution in [0.4, 0.5) is 19.0 Å². The van der Waals surface area contributed by atoms with E-state index >= 15 is 0 Å². The second-order valence-corrected chi connectivity index (χ2v) is 3.72. The molecule has 1 rings (SSSR count). The van der Waals surface area contributed by atoms with Crippen molar-refractivity contribution < 1.29 is 18.3 Å². The monoisotopic (exact) mass is 249 g/mol. The molecular formula is C10H14F3N3O. The minimum atomic E-state index is -4.39. The quantitative estimate of drug-likeness (QED) is 0.750. The number of aromatic nitrogens is 1. The smallest absolute Gasteiger partial charge is 0.392 e. The van der Waals surface area contributed by atoms with Crippen molar-refractivity contribution in [1.82, 2.24) is 4.98 Å². The van der Waals surface area contributed by atoms with E-state index in [9.17, 15) is 13.2 Å². The summed E-state index contributed by atoms with van der Waals surface area (Å²) in [6.45, 7) is 1.77. The lowest BCUT2D eigenvalue weighted by atomic mass is 10.2. The molecule has 0 spiro atoms. The first-order chi connectivity index (χ1) is 7.80. The highest BCUT2D eigenvalue weighted by atomic mass is 19.4. The van der Waals surface area contributed by atoms with Gasteiger partial charge in [-0.1, -0.05) is 0 Å². The largest absolute Gasteiger partial charge is 0.417 e. The fourth-order valence-corrected chi connectivity index (χ4v) is 1.06. The van der Waals surface area contributed by atoms with Crippen LogP contribution in [-0.2, 0) is 6.18 Å². The third-order valence-corrected chi connectivity index (χ3v) is 2.23. The van der Waals surface area contributed by atoms with Gasteiger partial charge in [-0.3, -0.25) is 0 Å². The van der Waals surface area contributed by atoms with E-state index in [4.69, 9.17) is 10.8 Å². The van der Waals surface area contributed by atoms with Gasteiger partial charge in [-0.15, -0.1) is 0 Å². The van der Waals surface area contributed by atoms with Crippen LogP contribution in [0.25, 0.3) is 0 Å². The zero-order valence-corrected chi connectivity index (χ0v) is 9.20. The van der Waals surface area contributed by atoms with E-state index in [-0.39, 0.29) is 12.4 Å². The molecule has 4 nitrogen and oxygen atoms in total. The van der Waals surface area contributed by atoms with E-state index in [0.717, 1.165) is 12.3 Å². The summed E-state index contributed by atoms with van der Waals surface area (Å²) in [5, 5.41) is 11.9. The summed E-state index contributed by atoms with van der Waals surface area (Å²) >= 11 is 0. The zero-order valence-electron chi connectivity index (χ0n) is 9.20. The molecule has 1 heterocycles. The standard InChI is InChI=1S/C10H14F3N3O/c1-6(17)8(14)5-16-9-3-2-7(4-15-9)10(11,12)13/h2-4,6,8,17H,5,14H2,1H3,(H,15,16). The molecule has 0 aliphatic rings. The predicted molar refractivity (Wildman–Crippen MR) is 57.4 cm³/mol. The average Bonchev–Trinajstić information content (AvgIpc) is 2.25. The highest BCUT2D eigenvalue weighted by molar-refractivity contribution is 5.36. The topological polar surface area (TPSA) is 71.2 Å². The molecular weight excluding hydrogens is 235 g/mol. The molecule has 4 N–H and O–H groups in total. The molecule has 1 aromatic rings. The minimum absolute atomic E-state index is 0.232. The summed E-state index contributed by atoms with van der Waals surface area (Å²) in [6, 6.07) is 1.65. The summed E-state index contributed by atoms with van der Waals surface area (Å²) in [4.78, 5) is 3.61. The molecule has 0 bridgehead atoms. The number of alkyl halides is 3. The van der Waals surface area contributed by atoms with Gasteiger partial charge in [-0.25, -0.2) is 4.98 Å². The SMILES string of the molecule is CC(O)C(N)CNc1ccc(C(F)(F)F)cn1. The molecule has 7 heteroatoms. The number of hydrogen-bond acceptors (Lipinski definition) is 4. The Labute approximate surface area is 96.7 Å². The molecule has 0 radical (unpaired) electrons. The van der Waals surface area contributed by atoms with E-state index in [1.807, 2.05) is 0 Å². The van der Waals surface area contributed by atoms with E-state index < -0.39 is 23.9 Å². The van der Waals surface area contributed by atoms with Crippen molar-refractivity contribution in [2.24, 2.45) is 5.73 Å². The molecule has 0 amide bonds. The third-order valence-electron chi connectivity index (χ3n) is 2.23. The van der Waals surface area contributed by atoms with Crippen LogP contribution in [0, 0.1) is 0 Å². The maximum Gasteiger partial charge on any atom is 0.417 e. The summed E-state index contributed by atoms with van der Waals surface area (Å²) in [6.07, 6.45) is -4.34. The first-order valence-electron chi connectivity index (χ1n) is 5.01. The van der Waals surface area contributed by atoms with Crippen LogP contribution >= 0.6 is 0 Å².